The van der Waals surface area contributed by atoms with E-state index in [-0.39, 0.29) is 11.1 Å². The molecule has 120 valence electrons. The highest BCUT2D eigenvalue weighted by molar-refractivity contribution is 5.72. The minimum absolute atomic E-state index is 0.248. The Morgan fingerprint density at radius 3 is 2.79 bits per heavy atom. The minimum Gasteiger partial charge on any atom is -0.378 e. The number of nitriles is 1. The summed E-state index contributed by atoms with van der Waals surface area (Å²) in [5.74, 6) is 1.04. The molecule has 0 aromatic carbocycles. The van der Waals surface area contributed by atoms with Gasteiger partial charge in [-0.1, -0.05) is 0 Å². The number of rotatable bonds is 2. The summed E-state index contributed by atoms with van der Waals surface area (Å²) in [6.45, 7) is 2.52. The van der Waals surface area contributed by atoms with Crippen molar-refractivity contribution in [2.45, 2.75) is 0 Å². The molecule has 3 aromatic heterocycles. The molecule has 0 aliphatic carbocycles. The number of aromatic nitrogens is 5. The molecule has 1 N–H and O–H groups in total. The summed E-state index contributed by atoms with van der Waals surface area (Å²) in [5.41, 5.74) is 0.840. The molecule has 0 bridgehead atoms. The third-order valence-corrected chi connectivity index (χ3v) is 3.83. The topological polar surface area (TPSA) is 113 Å². The predicted molar refractivity (Wildman–Crippen MR) is 85.0 cm³/mol. The van der Waals surface area contributed by atoms with E-state index < -0.39 is 0 Å². The number of fused-ring (bicyclic) bond motifs is 1. The van der Waals surface area contributed by atoms with Crippen LogP contribution < -0.4 is 10.5 Å². The Morgan fingerprint density at radius 1 is 1.25 bits per heavy atom. The number of hydrogen-bond acceptors (Lipinski definition) is 7. The number of pyridine rings is 1. The van der Waals surface area contributed by atoms with Gasteiger partial charge < -0.3 is 9.64 Å². The standard InChI is InChI=1S/C15H13N7O2/c16-7-10-1-2-11(17-8-10)22-9-18-12-13(22)19-15(20-14(12)23)21-3-5-24-6-4-21/h1-2,8-9H,3-6H2,(H,19,20,23). The fourth-order valence-corrected chi connectivity index (χ4v) is 2.59. The Hall–Kier alpha value is -3.25. The maximum atomic E-state index is 12.3. The van der Waals surface area contributed by atoms with Crippen LogP contribution in [0.1, 0.15) is 5.56 Å². The zero-order valence-corrected chi connectivity index (χ0v) is 12.6. The molecule has 0 atom stereocenters. The minimum atomic E-state index is -0.297. The van der Waals surface area contributed by atoms with E-state index in [0.29, 0.717) is 49.3 Å². The molecule has 0 saturated carbocycles. The predicted octanol–water partition coefficient (Wildman–Crippen LogP) is 0.212. The van der Waals surface area contributed by atoms with Gasteiger partial charge in [-0.3, -0.25) is 14.3 Å². The Morgan fingerprint density at radius 2 is 2.08 bits per heavy atom. The second-order valence-electron chi connectivity index (χ2n) is 5.29. The molecule has 0 radical (unpaired) electrons. The smallest absolute Gasteiger partial charge is 0.280 e. The van der Waals surface area contributed by atoms with E-state index >= 15 is 0 Å². The van der Waals surface area contributed by atoms with Gasteiger partial charge in [-0.15, -0.1) is 0 Å². The van der Waals surface area contributed by atoms with E-state index in [9.17, 15) is 4.79 Å². The lowest BCUT2D eigenvalue weighted by Crippen LogP contribution is -2.38. The molecule has 9 nitrogen and oxygen atoms in total. The maximum absolute atomic E-state index is 12.3. The van der Waals surface area contributed by atoms with Crippen LogP contribution in [-0.2, 0) is 4.74 Å². The molecule has 4 heterocycles. The van der Waals surface area contributed by atoms with Crippen LogP contribution in [0.3, 0.4) is 0 Å². The second kappa shape index (κ2) is 5.75. The first-order chi connectivity index (χ1) is 11.8. The first kappa shape index (κ1) is 14.3. The number of morpholine rings is 1. The van der Waals surface area contributed by atoms with Crippen LogP contribution in [0.4, 0.5) is 5.95 Å². The van der Waals surface area contributed by atoms with Gasteiger partial charge in [0.05, 0.1) is 18.8 Å². The average Bonchev–Trinajstić information content (AvgIpc) is 3.07. The summed E-state index contributed by atoms with van der Waals surface area (Å²) in [4.78, 5) is 29.9. The first-order valence-electron chi connectivity index (χ1n) is 7.43. The van der Waals surface area contributed by atoms with E-state index in [1.54, 1.807) is 16.7 Å². The molecular formula is C15H13N7O2. The van der Waals surface area contributed by atoms with Crippen LogP contribution in [0.25, 0.3) is 17.0 Å². The molecule has 0 amide bonds. The highest BCUT2D eigenvalue weighted by Crippen LogP contribution is 2.16. The Balaban J connectivity index is 1.83. The van der Waals surface area contributed by atoms with Crippen molar-refractivity contribution in [2.75, 3.05) is 31.2 Å². The molecule has 1 fully saturated rings. The van der Waals surface area contributed by atoms with Gasteiger partial charge in [-0.25, -0.2) is 9.97 Å². The van der Waals surface area contributed by atoms with E-state index in [1.807, 2.05) is 11.0 Å². The van der Waals surface area contributed by atoms with E-state index in [2.05, 4.69) is 19.9 Å². The van der Waals surface area contributed by atoms with Gasteiger partial charge in [0, 0.05) is 19.3 Å². The number of H-pyrrole nitrogens is 1. The average molecular weight is 323 g/mol. The van der Waals surface area contributed by atoms with Gasteiger partial charge in [0.15, 0.2) is 11.2 Å². The highest BCUT2D eigenvalue weighted by atomic mass is 16.5. The molecule has 4 rings (SSSR count). The van der Waals surface area contributed by atoms with Crippen LogP contribution in [0, 0.1) is 11.3 Å². The van der Waals surface area contributed by atoms with Gasteiger partial charge in [-0.05, 0) is 12.1 Å². The molecule has 3 aromatic rings. The van der Waals surface area contributed by atoms with Crippen LogP contribution in [-0.4, -0.2) is 50.8 Å². The van der Waals surface area contributed by atoms with Crippen LogP contribution >= 0.6 is 0 Å². The molecule has 0 spiro atoms. The summed E-state index contributed by atoms with van der Waals surface area (Å²) in [6, 6.07) is 5.37. The molecule has 1 aliphatic rings. The van der Waals surface area contributed by atoms with Gasteiger partial charge in [-0.2, -0.15) is 10.2 Å². The van der Waals surface area contributed by atoms with Crippen molar-refractivity contribution in [1.29, 1.82) is 5.26 Å². The lowest BCUT2D eigenvalue weighted by atomic mass is 10.3. The summed E-state index contributed by atoms with van der Waals surface area (Å²) in [6.07, 6.45) is 2.97. The number of ether oxygens (including phenoxy) is 1. The Bertz CT molecular complexity index is 978. The second-order valence-corrected chi connectivity index (χ2v) is 5.29. The summed E-state index contributed by atoms with van der Waals surface area (Å²) in [7, 11) is 0. The van der Waals surface area contributed by atoms with Crippen molar-refractivity contribution in [1.82, 2.24) is 24.5 Å². The van der Waals surface area contributed by atoms with E-state index in [0.717, 1.165) is 0 Å². The van der Waals surface area contributed by atoms with Gasteiger partial charge in [0.2, 0.25) is 5.95 Å². The van der Waals surface area contributed by atoms with E-state index in [1.165, 1.54) is 12.5 Å². The number of hydrogen-bond donors (Lipinski definition) is 1. The van der Waals surface area contributed by atoms with Gasteiger partial charge in [0.1, 0.15) is 18.2 Å². The molecule has 24 heavy (non-hydrogen) atoms. The summed E-state index contributed by atoms with van der Waals surface area (Å²) >= 11 is 0. The number of anilines is 1. The fraction of sp³-hybridized carbons (Fsp3) is 0.267. The van der Waals surface area contributed by atoms with Crippen molar-refractivity contribution in [3.05, 3.63) is 40.6 Å². The van der Waals surface area contributed by atoms with Crippen molar-refractivity contribution in [3.8, 4) is 11.9 Å². The lowest BCUT2D eigenvalue weighted by molar-refractivity contribution is 0.122. The zero-order chi connectivity index (χ0) is 16.5. The number of nitrogens with zero attached hydrogens (tertiary/aromatic N) is 6. The molecule has 1 aliphatic heterocycles. The summed E-state index contributed by atoms with van der Waals surface area (Å²) < 4.78 is 6.96. The van der Waals surface area contributed by atoms with Crippen LogP contribution in [0.15, 0.2) is 29.5 Å². The molecule has 0 unspecified atom stereocenters. The van der Waals surface area contributed by atoms with Crippen molar-refractivity contribution >= 4 is 17.1 Å². The van der Waals surface area contributed by atoms with E-state index in [4.69, 9.17) is 10.00 Å². The van der Waals surface area contributed by atoms with Crippen LogP contribution in [0.2, 0.25) is 0 Å². The highest BCUT2D eigenvalue weighted by Gasteiger charge is 2.17. The number of imidazole rings is 1. The molecular weight excluding hydrogens is 310 g/mol. The first-order valence-corrected chi connectivity index (χ1v) is 7.43. The molecule has 1 saturated heterocycles. The molecule has 9 heteroatoms. The van der Waals surface area contributed by atoms with Crippen molar-refractivity contribution in [2.24, 2.45) is 0 Å². The Labute approximate surface area is 136 Å². The number of aromatic amines is 1. The normalized spacial score (nSPS) is 14.7. The number of nitrogens with one attached hydrogen (secondary N) is 1. The monoisotopic (exact) mass is 323 g/mol. The fourth-order valence-electron chi connectivity index (χ4n) is 2.59. The largest absolute Gasteiger partial charge is 0.378 e. The maximum Gasteiger partial charge on any atom is 0.280 e. The van der Waals surface area contributed by atoms with Crippen LogP contribution in [0.5, 0.6) is 0 Å². The summed E-state index contributed by atoms with van der Waals surface area (Å²) in [5, 5.41) is 8.87. The van der Waals surface area contributed by atoms with Crippen molar-refractivity contribution in [3.63, 3.8) is 0 Å². The third kappa shape index (κ3) is 2.39. The SMILES string of the molecule is N#Cc1ccc(-n2cnc3c(=O)[nH]c(N4CCOCC4)nc32)nc1. The van der Waals surface area contributed by atoms with Crippen molar-refractivity contribution < 1.29 is 4.74 Å². The lowest BCUT2D eigenvalue weighted by Gasteiger charge is -2.27. The van der Waals surface area contributed by atoms with Gasteiger partial charge >= 0.3 is 0 Å². The Kier molecular flexibility index (Phi) is 3.44. The zero-order valence-electron chi connectivity index (χ0n) is 12.6. The quantitative estimate of drug-likeness (QED) is 0.717. The third-order valence-electron chi connectivity index (χ3n) is 3.83. The van der Waals surface area contributed by atoms with Gasteiger partial charge in [0.25, 0.3) is 5.56 Å².